The topological polar surface area (TPSA) is 76.3 Å². The second-order valence-corrected chi connectivity index (χ2v) is 6.11. The Morgan fingerprint density at radius 1 is 0.962 bits per heavy atom. The fourth-order valence-electron chi connectivity index (χ4n) is 2.85. The summed E-state index contributed by atoms with van der Waals surface area (Å²) in [6.45, 7) is 1.96. The van der Waals surface area contributed by atoms with Crippen molar-refractivity contribution >= 4 is 22.7 Å². The van der Waals surface area contributed by atoms with Crippen molar-refractivity contribution in [2.75, 3.05) is 13.1 Å². The van der Waals surface area contributed by atoms with Crippen LogP contribution in [0.4, 0.5) is 0 Å². The second kappa shape index (κ2) is 8.89. The number of rotatable bonds is 9. The Labute approximate surface area is 152 Å². The van der Waals surface area contributed by atoms with Crippen molar-refractivity contribution in [3.8, 4) is 0 Å². The van der Waals surface area contributed by atoms with Gasteiger partial charge in [0.25, 0.3) is 5.91 Å². The molecule has 3 rings (SSSR count). The Balaban J connectivity index is 1.28. The molecule has 2 heterocycles. The Kier molecular flexibility index (Phi) is 6.09. The van der Waals surface area contributed by atoms with E-state index in [9.17, 15) is 9.59 Å². The van der Waals surface area contributed by atoms with Gasteiger partial charge >= 0.3 is 0 Å². The van der Waals surface area contributed by atoms with Crippen molar-refractivity contribution in [3.05, 3.63) is 60.7 Å². The van der Waals surface area contributed by atoms with Gasteiger partial charge in [-0.25, -0.2) is 0 Å². The van der Waals surface area contributed by atoms with E-state index in [1.165, 1.54) is 17.2 Å². The van der Waals surface area contributed by atoms with Crippen molar-refractivity contribution in [2.45, 2.75) is 25.8 Å². The maximum atomic E-state index is 11.8. The molecule has 2 amide bonds. The van der Waals surface area contributed by atoms with E-state index in [1.54, 1.807) is 12.1 Å². The molecule has 1 aromatic carbocycles. The number of amides is 2. The SMILES string of the molecule is O=C(CCCNC(=O)c1ccco1)NCCCn1ccc2ccccc21. The third-order valence-electron chi connectivity index (χ3n) is 4.19. The lowest BCUT2D eigenvalue weighted by molar-refractivity contribution is -0.121. The molecule has 3 aromatic rings. The zero-order valence-electron chi connectivity index (χ0n) is 14.6. The zero-order chi connectivity index (χ0) is 18.2. The number of furan rings is 1. The molecule has 136 valence electrons. The van der Waals surface area contributed by atoms with Crippen molar-refractivity contribution in [3.63, 3.8) is 0 Å². The first-order valence-electron chi connectivity index (χ1n) is 8.86. The maximum Gasteiger partial charge on any atom is 0.286 e. The number of nitrogens with zero attached hydrogens (tertiary/aromatic N) is 1. The molecular formula is C20H23N3O3. The smallest absolute Gasteiger partial charge is 0.286 e. The highest BCUT2D eigenvalue weighted by atomic mass is 16.3. The molecule has 0 saturated carbocycles. The second-order valence-electron chi connectivity index (χ2n) is 6.11. The van der Waals surface area contributed by atoms with Crippen LogP contribution < -0.4 is 10.6 Å². The summed E-state index contributed by atoms with van der Waals surface area (Å²) in [7, 11) is 0. The van der Waals surface area contributed by atoms with Crippen LogP contribution >= 0.6 is 0 Å². The third-order valence-corrected chi connectivity index (χ3v) is 4.19. The van der Waals surface area contributed by atoms with Gasteiger partial charge in [0.05, 0.1) is 6.26 Å². The van der Waals surface area contributed by atoms with Crippen LogP contribution in [-0.4, -0.2) is 29.5 Å². The average molecular weight is 353 g/mol. The fourth-order valence-corrected chi connectivity index (χ4v) is 2.85. The number of nitrogens with one attached hydrogen (secondary N) is 2. The Bertz CT molecular complexity index is 852. The van der Waals surface area contributed by atoms with Crippen LogP contribution in [0.1, 0.15) is 29.8 Å². The van der Waals surface area contributed by atoms with Crippen molar-refractivity contribution in [1.82, 2.24) is 15.2 Å². The van der Waals surface area contributed by atoms with E-state index >= 15 is 0 Å². The lowest BCUT2D eigenvalue weighted by Gasteiger charge is -2.08. The van der Waals surface area contributed by atoms with Gasteiger partial charge in [-0.05, 0) is 42.5 Å². The van der Waals surface area contributed by atoms with Gasteiger partial charge in [-0.3, -0.25) is 9.59 Å². The monoisotopic (exact) mass is 353 g/mol. The normalized spacial score (nSPS) is 10.8. The molecule has 0 aliphatic heterocycles. The highest BCUT2D eigenvalue weighted by Crippen LogP contribution is 2.15. The van der Waals surface area contributed by atoms with E-state index in [4.69, 9.17) is 4.42 Å². The summed E-state index contributed by atoms with van der Waals surface area (Å²) in [5.74, 6) is 0.0379. The molecule has 0 radical (unpaired) electrons. The van der Waals surface area contributed by atoms with Gasteiger partial charge in [-0.15, -0.1) is 0 Å². The van der Waals surface area contributed by atoms with E-state index in [0.29, 0.717) is 25.9 Å². The van der Waals surface area contributed by atoms with Crippen LogP contribution in [0.5, 0.6) is 0 Å². The fraction of sp³-hybridized carbons (Fsp3) is 0.300. The van der Waals surface area contributed by atoms with Crippen molar-refractivity contribution in [2.24, 2.45) is 0 Å². The summed E-state index contributed by atoms with van der Waals surface area (Å²) < 4.78 is 7.20. The summed E-state index contributed by atoms with van der Waals surface area (Å²) in [6, 6.07) is 13.6. The largest absolute Gasteiger partial charge is 0.459 e. The minimum atomic E-state index is -0.255. The maximum absolute atomic E-state index is 11.8. The zero-order valence-corrected chi connectivity index (χ0v) is 14.6. The van der Waals surface area contributed by atoms with Gasteiger partial charge in [-0.2, -0.15) is 0 Å². The number of carbonyl (C=O) groups excluding carboxylic acids is 2. The lowest BCUT2D eigenvalue weighted by atomic mass is 10.2. The van der Waals surface area contributed by atoms with Crippen LogP contribution in [0.25, 0.3) is 10.9 Å². The highest BCUT2D eigenvalue weighted by Gasteiger charge is 2.07. The van der Waals surface area contributed by atoms with Gasteiger partial charge in [-0.1, -0.05) is 18.2 Å². The molecule has 0 atom stereocenters. The number of aryl methyl sites for hydroxylation is 1. The molecule has 0 fully saturated rings. The quantitative estimate of drug-likeness (QED) is 0.581. The van der Waals surface area contributed by atoms with Gasteiger partial charge in [0.2, 0.25) is 5.91 Å². The molecular weight excluding hydrogens is 330 g/mol. The average Bonchev–Trinajstić information content (AvgIpc) is 3.32. The Morgan fingerprint density at radius 2 is 1.81 bits per heavy atom. The van der Waals surface area contributed by atoms with Gasteiger partial charge in [0.15, 0.2) is 5.76 Å². The van der Waals surface area contributed by atoms with Gasteiger partial charge in [0, 0.05) is 37.8 Å². The first-order valence-corrected chi connectivity index (χ1v) is 8.86. The van der Waals surface area contributed by atoms with E-state index in [2.05, 4.69) is 39.6 Å². The van der Waals surface area contributed by atoms with Crippen LogP contribution in [0.15, 0.2) is 59.3 Å². The summed E-state index contributed by atoms with van der Waals surface area (Å²) >= 11 is 0. The number of hydrogen-bond donors (Lipinski definition) is 2. The molecule has 6 nitrogen and oxygen atoms in total. The standard InChI is InChI=1S/C20H23N3O3/c24-19(9-3-11-22-20(25)18-8-4-15-26-18)21-12-5-13-23-14-10-16-6-1-2-7-17(16)23/h1-2,4,6-8,10,14-15H,3,5,9,11-13H2,(H,21,24)(H,22,25). The Morgan fingerprint density at radius 3 is 2.65 bits per heavy atom. The minimum absolute atomic E-state index is 0.00890. The molecule has 0 aliphatic rings. The summed E-state index contributed by atoms with van der Waals surface area (Å²) in [5.41, 5.74) is 1.21. The predicted octanol–water partition coefficient (Wildman–Crippen LogP) is 2.95. The van der Waals surface area contributed by atoms with Crippen LogP contribution in [0.3, 0.4) is 0 Å². The van der Waals surface area contributed by atoms with E-state index < -0.39 is 0 Å². The Hall–Kier alpha value is -3.02. The third kappa shape index (κ3) is 4.75. The number of carbonyl (C=O) groups is 2. The minimum Gasteiger partial charge on any atom is -0.459 e. The molecule has 26 heavy (non-hydrogen) atoms. The molecule has 0 spiro atoms. The molecule has 0 aliphatic carbocycles. The molecule has 2 N–H and O–H groups in total. The van der Waals surface area contributed by atoms with E-state index in [1.807, 2.05) is 12.1 Å². The molecule has 0 saturated heterocycles. The van der Waals surface area contributed by atoms with E-state index in [0.717, 1.165) is 13.0 Å². The number of fused-ring (bicyclic) bond motifs is 1. The number of aromatic nitrogens is 1. The van der Waals surface area contributed by atoms with Crippen molar-refractivity contribution < 1.29 is 14.0 Å². The van der Waals surface area contributed by atoms with E-state index in [-0.39, 0.29) is 17.6 Å². The number of benzene rings is 1. The summed E-state index contributed by atoms with van der Waals surface area (Å²) in [6.07, 6.45) is 5.40. The lowest BCUT2D eigenvalue weighted by Crippen LogP contribution is -2.28. The highest BCUT2D eigenvalue weighted by molar-refractivity contribution is 5.91. The molecule has 6 heteroatoms. The number of hydrogen-bond acceptors (Lipinski definition) is 3. The van der Waals surface area contributed by atoms with Crippen LogP contribution in [-0.2, 0) is 11.3 Å². The molecule has 0 bridgehead atoms. The predicted molar refractivity (Wildman–Crippen MR) is 99.8 cm³/mol. The first kappa shape index (κ1) is 17.8. The summed E-state index contributed by atoms with van der Waals surface area (Å²) in [4.78, 5) is 23.5. The summed E-state index contributed by atoms with van der Waals surface area (Å²) in [5, 5.41) is 6.88. The van der Waals surface area contributed by atoms with Gasteiger partial charge < -0.3 is 19.6 Å². The molecule has 2 aromatic heterocycles. The number of para-hydroxylation sites is 1. The van der Waals surface area contributed by atoms with Crippen LogP contribution in [0, 0.1) is 0 Å². The van der Waals surface area contributed by atoms with Crippen LogP contribution in [0.2, 0.25) is 0 Å². The first-order chi connectivity index (χ1) is 12.7. The van der Waals surface area contributed by atoms with Crippen molar-refractivity contribution in [1.29, 1.82) is 0 Å². The molecule has 0 unspecified atom stereocenters. The van der Waals surface area contributed by atoms with Gasteiger partial charge in [0.1, 0.15) is 0 Å².